The van der Waals surface area contributed by atoms with Gasteiger partial charge in [0.1, 0.15) is 11.3 Å². The molecule has 0 radical (unpaired) electrons. The van der Waals surface area contributed by atoms with Gasteiger partial charge in [-0.15, -0.1) is 0 Å². The fourth-order valence-electron chi connectivity index (χ4n) is 2.35. The van der Waals surface area contributed by atoms with Crippen molar-refractivity contribution >= 4 is 26.9 Å². The van der Waals surface area contributed by atoms with Gasteiger partial charge in [0.25, 0.3) is 0 Å². The summed E-state index contributed by atoms with van der Waals surface area (Å²) in [6.45, 7) is 3.56. The van der Waals surface area contributed by atoms with E-state index in [-0.39, 0.29) is 0 Å². The number of hydrogen-bond acceptors (Lipinski definition) is 2. The van der Waals surface area contributed by atoms with Crippen molar-refractivity contribution in [3.8, 4) is 11.3 Å². The fourth-order valence-corrected chi connectivity index (χ4v) is 2.71. The predicted octanol–water partition coefficient (Wildman–Crippen LogP) is 5.09. The third kappa shape index (κ3) is 2.39. The molecule has 102 valence electrons. The van der Waals surface area contributed by atoms with Gasteiger partial charge in [-0.05, 0) is 49.7 Å². The SMILES string of the molecule is CC(C)(O)c1cc(Br)ccc1-c1cc2ccccc2o1. The van der Waals surface area contributed by atoms with Crippen LogP contribution in [0.4, 0.5) is 0 Å². The molecule has 0 amide bonds. The summed E-state index contributed by atoms with van der Waals surface area (Å²) in [6, 6.07) is 15.8. The molecule has 3 rings (SSSR count). The summed E-state index contributed by atoms with van der Waals surface area (Å²) < 4.78 is 6.84. The Morgan fingerprint density at radius 2 is 1.80 bits per heavy atom. The van der Waals surface area contributed by atoms with Crippen molar-refractivity contribution in [1.29, 1.82) is 0 Å². The molecule has 0 saturated heterocycles. The molecule has 2 aromatic carbocycles. The van der Waals surface area contributed by atoms with Gasteiger partial charge < -0.3 is 9.52 Å². The number of hydrogen-bond donors (Lipinski definition) is 1. The van der Waals surface area contributed by atoms with Crippen molar-refractivity contribution in [1.82, 2.24) is 0 Å². The average molecular weight is 331 g/mol. The summed E-state index contributed by atoms with van der Waals surface area (Å²) in [5, 5.41) is 11.4. The molecule has 1 heterocycles. The predicted molar refractivity (Wildman–Crippen MR) is 84.6 cm³/mol. The molecule has 3 heteroatoms. The molecule has 1 aromatic heterocycles. The van der Waals surface area contributed by atoms with E-state index >= 15 is 0 Å². The Balaban J connectivity index is 2.23. The molecule has 20 heavy (non-hydrogen) atoms. The van der Waals surface area contributed by atoms with Crippen molar-refractivity contribution in [3.05, 3.63) is 58.6 Å². The molecular weight excluding hydrogens is 316 g/mol. The van der Waals surface area contributed by atoms with Gasteiger partial charge in [0, 0.05) is 15.4 Å². The van der Waals surface area contributed by atoms with Gasteiger partial charge in [-0.3, -0.25) is 0 Å². The first-order valence-electron chi connectivity index (χ1n) is 6.46. The summed E-state index contributed by atoms with van der Waals surface area (Å²) in [7, 11) is 0. The van der Waals surface area contributed by atoms with Crippen LogP contribution in [0.2, 0.25) is 0 Å². The Bertz CT molecular complexity index is 733. The van der Waals surface area contributed by atoms with Crippen molar-refractivity contribution in [2.45, 2.75) is 19.4 Å². The van der Waals surface area contributed by atoms with Gasteiger partial charge in [-0.2, -0.15) is 0 Å². The molecular formula is C17H15BrO2. The van der Waals surface area contributed by atoms with E-state index in [2.05, 4.69) is 15.9 Å². The van der Waals surface area contributed by atoms with Crippen LogP contribution in [-0.4, -0.2) is 5.11 Å². The van der Waals surface area contributed by atoms with Crippen molar-refractivity contribution in [3.63, 3.8) is 0 Å². The third-order valence-corrected chi connectivity index (χ3v) is 3.82. The molecule has 1 N–H and O–H groups in total. The largest absolute Gasteiger partial charge is 0.456 e. The lowest BCUT2D eigenvalue weighted by atomic mass is 9.92. The molecule has 2 nitrogen and oxygen atoms in total. The van der Waals surface area contributed by atoms with Crippen LogP contribution in [0.3, 0.4) is 0 Å². The van der Waals surface area contributed by atoms with Crippen LogP contribution >= 0.6 is 15.9 Å². The number of aliphatic hydroxyl groups is 1. The van der Waals surface area contributed by atoms with E-state index in [0.717, 1.165) is 32.3 Å². The minimum atomic E-state index is -0.932. The summed E-state index contributed by atoms with van der Waals surface area (Å²) in [4.78, 5) is 0. The standard InChI is InChI=1S/C17H15BrO2/c1-17(2,19)14-10-12(18)7-8-13(14)16-9-11-5-3-4-6-15(11)20-16/h3-10,19H,1-2H3. The first-order chi connectivity index (χ1) is 9.45. The highest BCUT2D eigenvalue weighted by Gasteiger charge is 2.22. The monoisotopic (exact) mass is 330 g/mol. The summed E-state index contributed by atoms with van der Waals surface area (Å²) in [5.41, 5.74) is 1.67. The molecule has 3 aromatic rings. The number of fused-ring (bicyclic) bond motifs is 1. The van der Waals surface area contributed by atoms with Crippen LogP contribution in [0.15, 0.2) is 57.4 Å². The van der Waals surface area contributed by atoms with Crippen LogP contribution in [0.25, 0.3) is 22.3 Å². The second-order valence-electron chi connectivity index (χ2n) is 5.40. The number of benzene rings is 2. The number of halogens is 1. The second kappa shape index (κ2) is 4.76. The van der Waals surface area contributed by atoms with Gasteiger partial charge in [0.05, 0.1) is 5.60 Å². The van der Waals surface area contributed by atoms with E-state index in [0.29, 0.717) is 0 Å². The van der Waals surface area contributed by atoms with Gasteiger partial charge >= 0.3 is 0 Å². The topological polar surface area (TPSA) is 33.4 Å². The highest BCUT2D eigenvalue weighted by atomic mass is 79.9. The Labute approximate surface area is 126 Å². The van der Waals surface area contributed by atoms with Crippen LogP contribution in [-0.2, 0) is 5.60 Å². The van der Waals surface area contributed by atoms with Gasteiger partial charge in [0.2, 0.25) is 0 Å². The molecule has 0 saturated carbocycles. The highest BCUT2D eigenvalue weighted by molar-refractivity contribution is 9.10. The van der Waals surface area contributed by atoms with E-state index < -0.39 is 5.60 Å². The fraction of sp³-hybridized carbons (Fsp3) is 0.176. The van der Waals surface area contributed by atoms with Gasteiger partial charge in [0.15, 0.2) is 0 Å². The molecule has 0 spiro atoms. The van der Waals surface area contributed by atoms with E-state index in [1.807, 2.05) is 48.5 Å². The molecule has 0 aliphatic rings. The summed E-state index contributed by atoms with van der Waals surface area (Å²) in [5.74, 6) is 0.774. The lowest BCUT2D eigenvalue weighted by molar-refractivity contribution is 0.0790. The Kier molecular flexibility index (Phi) is 3.19. The lowest BCUT2D eigenvalue weighted by Gasteiger charge is -2.21. The van der Waals surface area contributed by atoms with E-state index in [1.54, 1.807) is 13.8 Å². The Hall–Kier alpha value is -1.58. The maximum atomic E-state index is 10.4. The minimum absolute atomic E-state index is 0.774. The molecule has 0 bridgehead atoms. The minimum Gasteiger partial charge on any atom is -0.456 e. The Morgan fingerprint density at radius 3 is 2.50 bits per heavy atom. The first-order valence-corrected chi connectivity index (χ1v) is 7.26. The maximum Gasteiger partial charge on any atom is 0.135 e. The zero-order valence-electron chi connectivity index (χ0n) is 11.4. The smallest absolute Gasteiger partial charge is 0.135 e. The summed E-state index contributed by atoms with van der Waals surface area (Å²) >= 11 is 3.45. The molecule has 0 unspecified atom stereocenters. The zero-order chi connectivity index (χ0) is 14.3. The van der Waals surface area contributed by atoms with E-state index in [9.17, 15) is 5.11 Å². The average Bonchev–Trinajstić information content (AvgIpc) is 2.81. The third-order valence-electron chi connectivity index (χ3n) is 3.33. The summed E-state index contributed by atoms with van der Waals surface area (Å²) in [6.07, 6.45) is 0. The lowest BCUT2D eigenvalue weighted by Crippen LogP contribution is -2.16. The van der Waals surface area contributed by atoms with Crippen molar-refractivity contribution in [2.75, 3.05) is 0 Å². The normalized spacial score (nSPS) is 12.0. The first kappa shape index (κ1) is 13.4. The molecule has 0 aliphatic carbocycles. The van der Waals surface area contributed by atoms with Gasteiger partial charge in [-0.1, -0.05) is 34.1 Å². The maximum absolute atomic E-state index is 10.4. The van der Waals surface area contributed by atoms with Crippen LogP contribution in [0, 0.1) is 0 Å². The molecule has 0 fully saturated rings. The van der Waals surface area contributed by atoms with Crippen LogP contribution < -0.4 is 0 Å². The molecule has 0 aliphatic heterocycles. The quantitative estimate of drug-likeness (QED) is 0.709. The second-order valence-corrected chi connectivity index (χ2v) is 6.31. The van der Waals surface area contributed by atoms with Crippen LogP contribution in [0.5, 0.6) is 0 Å². The zero-order valence-corrected chi connectivity index (χ0v) is 12.9. The van der Waals surface area contributed by atoms with E-state index in [1.165, 1.54) is 0 Å². The molecule has 0 atom stereocenters. The van der Waals surface area contributed by atoms with Crippen molar-refractivity contribution in [2.24, 2.45) is 0 Å². The number of rotatable bonds is 2. The van der Waals surface area contributed by atoms with Crippen LogP contribution in [0.1, 0.15) is 19.4 Å². The number of furan rings is 1. The van der Waals surface area contributed by atoms with E-state index in [4.69, 9.17) is 4.42 Å². The Morgan fingerprint density at radius 1 is 1.05 bits per heavy atom. The number of para-hydroxylation sites is 1. The van der Waals surface area contributed by atoms with Gasteiger partial charge in [-0.25, -0.2) is 0 Å². The highest BCUT2D eigenvalue weighted by Crippen LogP contribution is 2.36. The van der Waals surface area contributed by atoms with Crippen molar-refractivity contribution < 1.29 is 9.52 Å².